The average molecular weight is 505 g/mol. The van der Waals surface area contributed by atoms with Crippen LogP contribution in [0.15, 0.2) is 39.8 Å². The summed E-state index contributed by atoms with van der Waals surface area (Å²) in [6.07, 6.45) is -4.41. The first-order chi connectivity index (χ1) is 15.7. The van der Waals surface area contributed by atoms with Crippen molar-refractivity contribution in [2.45, 2.75) is 24.0 Å². The fourth-order valence-electron chi connectivity index (χ4n) is 3.42. The Bertz CT molecular complexity index is 1580. The SMILES string of the molecule is Cc1c(C(Nc2nc3ccc(S(N)(=O)=O)cn3c2[N+](=O)[O-])C(F)(F)F)oc2c(F)cc(F)cc12. The molecular formula is C18H12F5N5O5S. The minimum atomic E-state index is -5.14. The monoisotopic (exact) mass is 505 g/mol. The van der Waals surface area contributed by atoms with Crippen LogP contribution in [-0.2, 0) is 10.0 Å². The van der Waals surface area contributed by atoms with E-state index in [1.165, 1.54) is 0 Å². The molecule has 10 nitrogen and oxygen atoms in total. The number of aromatic nitrogens is 2. The van der Waals surface area contributed by atoms with Crippen LogP contribution >= 0.6 is 0 Å². The van der Waals surface area contributed by atoms with Crippen LogP contribution in [0, 0.1) is 28.7 Å². The molecule has 0 aliphatic heterocycles. The molecule has 0 bridgehead atoms. The number of anilines is 1. The van der Waals surface area contributed by atoms with Gasteiger partial charge >= 0.3 is 12.0 Å². The number of hydrogen-bond acceptors (Lipinski definition) is 7. The maximum atomic E-state index is 14.1. The van der Waals surface area contributed by atoms with Gasteiger partial charge < -0.3 is 19.8 Å². The van der Waals surface area contributed by atoms with Crippen molar-refractivity contribution in [2.75, 3.05) is 5.32 Å². The second kappa shape index (κ2) is 7.63. The number of rotatable bonds is 5. The maximum absolute atomic E-state index is 14.1. The summed E-state index contributed by atoms with van der Waals surface area (Å²) < 4.78 is 98.5. The number of hydrogen-bond donors (Lipinski definition) is 2. The molecule has 0 saturated heterocycles. The molecule has 4 aromatic rings. The summed E-state index contributed by atoms with van der Waals surface area (Å²) in [5.74, 6) is -5.06. The highest BCUT2D eigenvalue weighted by molar-refractivity contribution is 7.89. The van der Waals surface area contributed by atoms with Gasteiger partial charge in [-0.15, -0.1) is 0 Å². The number of imidazole rings is 1. The molecule has 0 radical (unpaired) electrons. The first-order valence-corrected chi connectivity index (χ1v) is 10.6. The van der Waals surface area contributed by atoms with E-state index < -0.39 is 66.7 Å². The number of furan rings is 1. The molecule has 0 aliphatic rings. The van der Waals surface area contributed by atoms with Crippen LogP contribution in [0.4, 0.5) is 33.6 Å². The average Bonchev–Trinajstić information content (AvgIpc) is 3.22. The van der Waals surface area contributed by atoms with Gasteiger partial charge in [0, 0.05) is 23.1 Å². The summed E-state index contributed by atoms with van der Waals surface area (Å²) in [5.41, 5.74) is -1.16. The summed E-state index contributed by atoms with van der Waals surface area (Å²) >= 11 is 0. The third kappa shape index (κ3) is 3.90. The number of pyridine rings is 1. The molecule has 0 saturated carbocycles. The Balaban J connectivity index is 1.91. The highest BCUT2D eigenvalue weighted by Crippen LogP contribution is 2.42. The molecule has 0 aliphatic carbocycles. The molecular weight excluding hydrogens is 493 g/mol. The van der Waals surface area contributed by atoms with Crippen LogP contribution in [0.1, 0.15) is 17.4 Å². The van der Waals surface area contributed by atoms with E-state index in [4.69, 9.17) is 9.56 Å². The number of nitrogens with two attached hydrogens (primary N) is 1. The van der Waals surface area contributed by atoms with Gasteiger partial charge in [0.15, 0.2) is 17.4 Å². The number of aryl methyl sites for hydroxylation is 1. The van der Waals surface area contributed by atoms with Gasteiger partial charge in [-0.1, -0.05) is 0 Å². The van der Waals surface area contributed by atoms with Crippen molar-refractivity contribution in [3.63, 3.8) is 0 Å². The highest BCUT2D eigenvalue weighted by atomic mass is 32.2. The summed E-state index contributed by atoms with van der Waals surface area (Å²) in [4.78, 5) is 13.8. The molecule has 4 rings (SSSR count). The van der Waals surface area contributed by atoms with Crippen LogP contribution in [0.3, 0.4) is 0 Å². The Kier molecular flexibility index (Phi) is 5.24. The Morgan fingerprint density at radius 1 is 1.26 bits per heavy atom. The third-order valence-corrected chi connectivity index (χ3v) is 5.83. The largest absolute Gasteiger partial charge is 0.455 e. The van der Waals surface area contributed by atoms with E-state index in [0.717, 1.165) is 31.3 Å². The molecule has 180 valence electrons. The zero-order valence-corrected chi connectivity index (χ0v) is 17.5. The van der Waals surface area contributed by atoms with Gasteiger partial charge in [-0.25, -0.2) is 22.3 Å². The second-order valence-corrected chi connectivity index (χ2v) is 8.72. The van der Waals surface area contributed by atoms with Crippen molar-refractivity contribution >= 4 is 38.3 Å². The number of fused-ring (bicyclic) bond motifs is 2. The van der Waals surface area contributed by atoms with E-state index >= 15 is 0 Å². The second-order valence-electron chi connectivity index (χ2n) is 7.15. The predicted molar refractivity (Wildman–Crippen MR) is 107 cm³/mol. The Morgan fingerprint density at radius 2 is 1.94 bits per heavy atom. The number of nitrogens with zero attached hydrogens (tertiary/aromatic N) is 3. The van der Waals surface area contributed by atoms with Gasteiger partial charge in [-0.2, -0.15) is 22.6 Å². The van der Waals surface area contributed by atoms with Gasteiger partial charge in [-0.05, 0) is 24.0 Å². The molecule has 16 heteroatoms. The predicted octanol–water partition coefficient (Wildman–Crippen LogP) is 3.94. The first kappa shape index (κ1) is 23.4. The summed E-state index contributed by atoms with van der Waals surface area (Å²) in [5, 5.41) is 18.3. The molecule has 1 unspecified atom stereocenters. The zero-order valence-electron chi connectivity index (χ0n) is 16.7. The molecule has 0 fully saturated rings. The van der Waals surface area contributed by atoms with Crippen molar-refractivity contribution in [3.05, 3.63) is 63.5 Å². The van der Waals surface area contributed by atoms with Crippen molar-refractivity contribution < 1.29 is 39.7 Å². The van der Waals surface area contributed by atoms with Gasteiger partial charge in [0.1, 0.15) is 22.7 Å². The van der Waals surface area contributed by atoms with Crippen molar-refractivity contribution in [1.29, 1.82) is 0 Å². The number of benzene rings is 1. The third-order valence-electron chi connectivity index (χ3n) is 4.93. The number of nitro groups is 1. The van der Waals surface area contributed by atoms with Crippen LogP contribution in [0.25, 0.3) is 16.6 Å². The van der Waals surface area contributed by atoms with Crippen molar-refractivity contribution in [2.24, 2.45) is 5.14 Å². The first-order valence-electron chi connectivity index (χ1n) is 9.09. The maximum Gasteiger partial charge on any atom is 0.415 e. The van der Waals surface area contributed by atoms with Crippen LogP contribution in [-0.4, -0.2) is 28.9 Å². The Morgan fingerprint density at radius 3 is 2.53 bits per heavy atom. The molecule has 34 heavy (non-hydrogen) atoms. The lowest BCUT2D eigenvalue weighted by Crippen LogP contribution is -2.28. The summed E-state index contributed by atoms with van der Waals surface area (Å²) in [7, 11) is -4.30. The lowest BCUT2D eigenvalue weighted by Gasteiger charge is -2.20. The lowest BCUT2D eigenvalue weighted by molar-refractivity contribution is -0.389. The smallest absolute Gasteiger partial charge is 0.415 e. The quantitative estimate of drug-likeness (QED) is 0.237. The van der Waals surface area contributed by atoms with Crippen LogP contribution < -0.4 is 10.5 Å². The van der Waals surface area contributed by atoms with E-state index in [9.17, 15) is 40.5 Å². The normalized spacial score (nSPS) is 13.5. The van der Waals surface area contributed by atoms with Gasteiger partial charge in [0.2, 0.25) is 21.5 Å². The number of nitrogens with one attached hydrogen (secondary N) is 1. The fourth-order valence-corrected chi connectivity index (χ4v) is 3.93. The van der Waals surface area contributed by atoms with Crippen LogP contribution in [0.5, 0.6) is 0 Å². The summed E-state index contributed by atoms with van der Waals surface area (Å²) in [6.45, 7) is 1.14. The summed E-state index contributed by atoms with van der Waals surface area (Å²) in [6, 6.07) is 0.430. The van der Waals surface area contributed by atoms with E-state index in [-0.39, 0.29) is 16.6 Å². The number of sulfonamides is 1. The minimum Gasteiger partial charge on any atom is -0.455 e. The highest BCUT2D eigenvalue weighted by Gasteiger charge is 2.46. The molecule has 0 amide bonds. The van der Waals surface area contributed by atoms with Crippen molar-refractivity contribution in [3.8, 4) is 0 Å². The van der Waals surface area contributed by atoms with Crippen molar-refractivity contribution in [1.82, 2.24) is 9.38 Å². The van der Waals surface area contributed by atoms with E-state index in [2.05, 4.69) is 4.98 Å². The minimum absolute atomic E-state index is 0.258. The van der Waals surface area contributed by atoms with Gasteiger partial charge in [-0.3, -0.25) is 0 Å². The number of halogens is 5. The standard InChI is InChI=1S/C18H12F5N5O5S/c1-7-10-4-8(19)5-11(20)14(10)33-13(7)15(18(21,22)23)26-16-17(28(29)30)27-6-9(34(24,31)32)2-3-12(27)25-16/h2-6,15,26H,1H3,(H2,24,31,32). The zero-order chi connectivity index (χ0) is 25.2. The van der Waals surface area contributed by atoms with Gasteiger partial charge in [0.05, 0.1) is 0 Å². The molecule has 3 heterocycles. The van der Waals surface area contributed by atoms with Gasteiger partial charge in [0.25, 0.3) is 0 Å². The molecule has 0 spiro atoms. The van der Waals surface area contributed by atoms with Crippen LogP contribution in [0.2, 0.25) is 0 Å². The molecule has 3 aromatic heterocycles. The topological polar surface area (TPSA) is 146 Å². The molecule has 1 atom stereocenters. The molecule has 3 N–H and O–H groups in total. The molecule has 1 aromatic carbocycles. The Labute approximate surface area is 186 Å². The van der Waals surface area contributed by atoms with E-state index in [1.54, 1.807) is 0 Å². The Hall–Kier alpha value is -3.79. The number of alkyl halides is 3. The fraction of sp³-hybridized carbons (Fsp3) is 0.167. The van der Waals surface area contributed by atoms with E-state index in [0.29, 0.717) is 10.5 Å². The lowest BCUT2D eigenvalue weighted by atomic mass is 10.1. The number of primary sulfonamides is 1. The van der Waals surface area contributed by atoms with E-state index in [1.807, 2.05) is 5.32 Å².